The highest BCUT2D eigenvalue weighted by atomic mass is 31.2. The Hall–Kier alpha value is -1.94. The third kappa shape index (κ3) is 69.2. The summed E-state index contributed by atoms with van der Waals surface area (Å²) in [5.74, 6) is -1.34. The first-order valence-electron chi connectivity index (χ1n) is 40.2. The fraction of sp³-hybridized carbons (Fsp3) is 0.948. The third-order valence-corrected chi connectivity index (χ3v) is 20.3. The lowest BCUT2D eigenvalue weighted by atomic mass is 9.99. The maximum absolute atomic E-state index is 13.1. The molecular weight excluding hydrogens is 1260 g/mol. The Morgan fingerprint density at radius 3 is 0.740 bits per heavy atom. The number of ether oxygens (including phenoxy) is 4. The number of esters is 4. The average molecular weight is 1410 g/mol. The van der Waals surface area contributed by atoms with Crippen LogP contribution in [0.2, 0.25) is 0 Å². The third-order valence-electron chi connectivity index (χ3n) is 18.4. The van der Waals surface area contributed by atoms with Gasteiger partial charge >= 0.3 is 39.5 Å². The van der Waals surface area contributed by atoms with E-state index in [9.17, 15) is 43.2 Å². The van der Waals surface area contributed by atoms with Gasteiger partial charge in [-0.2, -0.15) is 0 Å². The molecule has 0 radical (unpaired) electrons. The monoisotopic (exact) mass is 1410 g/mol. The molecule has 0 amide bonds. The molecule has 0 rings (SSSR count). The molecule has 0 bridgehead atoms. The minimum absolute atomic E-state index is 0.105. The molecule has 0 aromatic heterocycles. The van der Waals surface area contributed by atoms with E-state index in [0.29, 0.717) is 25.7 Å². The molecule has 19 heteroatoms. The summed E-state index contributed by atoms with van der Waals surface area (Å²) in [7, 11) is -9.91. The molecule has 0 heterocycles. The largest absolute Gasteiger partial charge is 0.472 e. The molecule has 3 unspecified atom stereocenters. The molecule has 0 spiro atoms. The smallest absolute Gasteiger partial charge is 0.462 e. The van der Waals surface area contributed by atoms with Gasteiger partial charge in [0, 0.05) is 25.7 Å². The Bertz CT molecular complexity index is 1840. The number of carbonyl (C=O) groups excluding carboxylic acids is 4. The summed E-state index contributed by atoms with van der Waals surface area (Å²) in [6.07, 6.45) is 59.6. The summed E-state index contributed by atoms with van der Waals surface area (Å²) in [5.41, 5.74) is 0. The Morgan fingerprint density at radius 2 is 0.500 bits per heavy atom. The number of phosphoric acid groups is 2. The molecule has 0 aromatic carbocycles. The number of carbonyl (C=O) groups is 4. The van der Waals surface area contributed by atoms with E-state index in [1.165, 1.54) is 231 Å². The van der Waals surface area contributed by atoms with E-state index in [4.69, 9.17) is 37.0 Å². The van der Waals surface area contributed by atoms with Crippen molar-refractivity contribution in [2.75, 3.05) is 39.6 Å². The Kier molecular flexibility index (Phi) is 68.7. The van der Waals surface area contributed by atoms with Gasteiger partial charge in [-0.1, -0.05) is 356 Å². The lowest BCUT2D eigenvalue weighted by Gasteiger charge is -2.21. The highest BCUT2D eigenvalue weighted by molar-refractivity contribution is 7.47. The zero-order chi connectivity index (χ0) is 70.5. The summed E-state index contributed by atoms with van der Waals surface area (Å²) in [6.45, 7) is 7.28. The molecule has 17 nitrogen and oxygen atoms in total. The van der Waals surface area contributed by atoms with Crippen LogP contribution in [0.5, 0.6) is 0 Å². The quantitative estimate of drug-likeness (QED) is 0.0222. The normalized spacial score (nSPS) is 14.2. The van der Waals surface area contributed by atoms with Crippen molar-refractivity contribution >= 4 is 39.5 Å². The number of aliphatic hydroxyl groups excluding tert-OH is 1. The molecule has 0 aliphatic carbocycles. The van der Waals surface area contributed by atoms with Crippen molar-refractivity contribution in [1.29, 1.82) is 0 Å². The number of unbranched alkanes of at least 4 members (excludes halogenated alkanes) is 48. The summed E-state index contributed by atoms with van der Waals surface area (Å²) < 4.78 is 68.5. The number of phosphoric ester groups is 2. The van der Waals surface area contributed by atoms with Gasteiger partial charge in [0.25, 0.3) is 0 Å². The van der Waals surface area contributed by atoms with Crippen LogP contribution >= 0.6 is 15.6 Å². The summed E-state index contributed by atoms with van der Waals surface area (Å²) in [5, 5.41) is 10.6. The molecule has 96 heavy (non-hydrogen) atoms. The number of rotatable bonds is 77. The molecule has 6 atom stereocenters. The summed E-state index contributed by atoms with van der Waals surface area (Å²) in [6, 6.07) is 0. The van der Waals surface area contributed by atoms with Crippen LogP contribution in [-0.2, 0) is 65.4 Å². The standard InChI is InChI=1S/C77H150O17P2/c1-6-10-13-16-19-22-24-26-28-30-31-32-34-36-38-41-47-52-57-62-76(81)93-72(67-88-75(80)61-56-51-46-40-37-35-33-29-27-25-23-20-17-14-11-7-2)68-91-95(83,84)89-64-71(78)65-90-96(85,86)92-69-73(66-87-74(79)60-55-50-45-39-21-18-15-12-8-3)94-77(82)63-58-53-48-43-42-44-49-54-59-70(5)9-4/h70-73,78H,6-69H2,1-5H3,(H,83,84)(H,85,86)/t70?,71-,72-,73-/m1/s1. The average Bonchev–Trinajstić information content (AvgIpc) is 1.52. The molecule has 3 N–H and O–H groups in total. The first-order valence-corrected chi connectivity index (χ1v) is 43.2. The highest BCUT2D eigenvalue weighted by Gasteiger charge is 2.30. The van der Waals surface area contributed by atoms with Gasteiger partial charge in [-0.25, -0.2) is 9.13 Å². The van der Waals surface area contributed by atoms with Gasteiger partial charge in [0.1, 0.15) is 19.3 Å². The van der Waals surface area contributed by atoms with Gasteiger partial charge in [0.15, 0.2) is 12.2 Å². The molecular formula is C77H150O17P2. The van der Waals surface area contributed by atoms with Crippen LogP contribution in [0.1, 0.15) is 407 Å². The van der Waals surface area contributed by atoms with Crippen molar-refractivity contribution in [3.63, 3.8) is 0 Å². The number of aliphatic hydroxyl groups is 1. The van der Waals surface area contributed by atoms with E-state index in [-0.39, 0.29) is 25.7 Å². The lowest BCUT2D eigenvalue weighted by molar-refractivity contribution is -0.161. The van der Waals surface area contributed by atoms with Gasteiger partial charge in [0.2, 0.25) is 0 Å². The van der Waals surface area contributed by atoms with Crippen LogP contribution < -0.4 is 0 Å². The van der Waals surface area contributed by atoms with E-state index in [2.05, 4.69) is 34.6 Å². The van der Waals surface area contributed by atoms with Crippen LogP contribution in [0.15, 0.2) is 0 Å². The highest BCUT2D eigenvalue weighted by Crippen LogP contribution is 2.45. The van der Waals surface area contributed by atoms with Crippen molar-refractivity contribution in [3.8, 4) is 0 Å². The second-order valence-corrected chi connectivity index (χ2v) is 30.9. The van der Waals surface area contributed by atoms with Gasteiger partial charge in [0.05, 0.1) is 26.4 Å². The Labute approximate surface area is 588 Å². The number of hydrogen-bond donors (Lipinski definition) is 3. The van der Waals surface area contributed by atoms with Crippen LogP contribution in [0.3, 0.4) is 0 Å². The summed E-state index contributed by atoms with van der Waals surface area (Å²) >= 11 is 0. The number of hydrogen-bond acceptors (Lipinski definition) is 15. The Balaban J connectivity index is 5.22. The maximum Gasteiger partial charge on any atom is 0.472 e. The van der Waals surface area contributed by atoms with E-state index in [0.717, 1.165) is 95.8 Å². The van der Waals surface area contributed by atoms with Crippen molar-refractivity contribution in [3.05, 3.63) is 0 Å². The van der Waals surface area contributed by atoms with Crippen LogP contribution in [0, 0.1) is 5.92 Å². The van der Waals surface area contributed by atoms with Crippen molar-refractivity contribution in [2.24, 2.45) is 5.92 Å². The van der Waals surface area contributed by atoms with Crippen molar-refractivity contribution < 1.29 is 80.2 Å². The molecule has 0 aliphatic rings. The van der Waals surface area contributed by atoms with E-state index in [1.807, 2.05) is 0 Å². The second kappa shape index (κ2) is 70.1. The first kappa shape index (κ1) is 94.1. The van der Waals surface area contributed by atoms with Crippen LogP contribution in [0.25, 0.3) is 0 Å². The minimum Gasteiger partial charge on any atom is -0.462 e. The van der Waals surface area contributed by atoms with E-state index < -0.39 is 97.5 Å². The molecule has 0 fully saturated rings. The second-order valence-electron chi connectivity index (χ2n) is 28.0. The van der Waals surface area contributed by atoms with Gasteiger partial charge in [-0.05, 0) is 31.6 Å². The molecule has 0 saturated carbocycles. The summed E-state index contributed by atoms with van der Waals surface area (Å²) in [4.78, 5) is 72.8. The zero-order valence-electron chi connectivity index (χ0n) is 62.5. The van der Waals surface area contributed by atoms with Crippen molar-refractivity contribution in [2.45, 2.75) is 425 Å². The fourth-order valence-corrected chi connectivity index (χ4v) is 13.4. The van der Waals surface area contributed by atoms with Gasteiger partial charge in [-0.3, -0.25) is 37.3 Å². The van der Waals surface area contributed by atoms with Crippen LogP contribution in [0.4, 0.5) is 0 Å². The maximum atomic E-state index is 13.1. The topological polar surface area (TPSA) is 237 Å². The molecule has 0 aromatic rings. The lowest BCUT2D eigenvalue weighted by Crippen LogP contribution is -2.30. The Morgan fingerprint density at radius 1 is 0.292 bits per heavy atom. The molecule has 0 saturated heterocycles. The molecule has 0 aliphatic heterocycles. The van der Waals surface area contributed by atoms with Crippen LogP contribution in [-0.4, -0.2) is 96.7 Å². The van der Waals surface area contributed by atoms with E-state index in [1.54, 1.807) is 0 Å². The predicted octanol–water partition coefficient (Wildman–Crippen LogP) is 22.9. The van der Waals surface area contributed by atoms with Crippen molar-refractivity contribution in [1.82, 2.24) is 0 Å². The minimum atomic E-state index is -4.96. The van der Waals surface area contributed by atoms with Gasteiger partial charge in [-0.15, -0.1) is 0 Å². The molecule has 570 valence electrons. The SMILES string of the molecule is CCCCCCCCCCCCCCCCCCCCCC(=O)O[C@H](COC(=O)CCCCCCCCCCCCCCCCCC)COP(=O)(O)OC[C@@H](O)COP(=O)(O)OC[C@@H](COC(=O)CCCCCCCCCCC)OC(=O)CCCCCCCCCCC(C)CC. The van der Waals surface area contributed by atoms with Gasteiger partial charge < -0.3 is 33.8 Å². The fourth-order valence-electron chi connectivity index (χ4n) is 11.8. The zero-order valence-corrected chi connectivity index (χ0v) is 64.3. The first-order chi connectivity index (χ1) is 46.6. The van der Waals surface area contributed by atoms with E-state index >= 15 is 0 Å². The predicted molar refractivity (Wildman–Crippen MR) is 391 cm³/mol.